The molecule has 6 aromatic rings. The fraction of sp³-hybridized carbons (Fsp3) is 0. The number of para-hydroxylation sites is 2. The molecule has 0 aromatic heterocycles. The normalized spacial score (nSPS) is 9.17. The Labute approximate surface area is 260 Å². The van der Waals surface area contributed by atoms with E-state index < -0.39 is 0 Å². The maximum absolute atomic E-state index is 11.9. The molecule has 202 valence electrons. The van der Waals surface area contributed by atoms with Gasteiger partial charge in [-0.3, -0.25) is 9.59 Å². The Morgan fingerprint density at radius 2 is 0.707 bits per heavy atom. The first-order valence-corrected chi connectivity index (χ1v) is 12.7. The SMILES string of the molecule is O=C(c1ccccc1)c1ccccc1O.O=C(c1ccccc1)c1ccccc1O.[Zr+2].c1cc[cH-]c1.c1cc[cH-]c1. The van der Waals surface area contributed by atoms with Crippen molar-refractivity contribution in [3.63, 3.8) is 0 Å². The quantitative estimate of drug-likeness (QED) is 0.155. The molecule has 2 N–H and O–H groups in total. The van der Waals surface area contributed by atoms with E-state index >= 15 is 0 Å². The van der Waals surface area contributed by atoms with Crippen molar-refractivity contribution in [1.82, 2.24) is 0 Å². The van der Waals surface area contributed by atoms with Gasteiger partial charge >= 0.3 is 26.2 Å². The van der Waals surface area contributed by atoms with E-state index in [1.165, 1.54) is 12.1 Å². The monoisotopic (exact) mass is 616 g/mol. The first-order valence-electron chi connectivity index (χ1n) is 12.7. The molecule has 0 spiro atoms. The van der Waals surface area contributed by atoms with Crippen LogP contribution in [0.5, 0.6) is 11.5 Å². The van der Waals surface area contributed by atoms with Gasteiger partial charge in [-0.05, 0) is 24.3 Å². The molecular weight excluding hydrogens is 588 g/mol. The van der Waals surface area contributed by atoms with E-state index in [4.69, 9.17) is 0 Å². The summed E-state index contributed by atoms with van der Waals surface area (Å²) in [5.74, 6) is -0.278. The van der Waals surface area contributed by atoms with E-state index in [1.807, 2.05) is 72.8 Å². The maximum atomic E-state index is 11.9. The number of aromatic hydroxyl groups is 2. The van der Waals surface area contributed by atoms with Crippen molar-refractivity contribution < 1.29 is 46.0 Å². The average molecular weight is 618 g/mol. The summed E-state index contributed by atoms with van der Waals surface area (Å²) in [4.78, 5) is 23.8. The number of phenolic OH excluding ortho intramolecular Hbond substituents is 2. The van der Waals surface area contributed by atoms with Crippen LogP contribution in [-0.4, -0.2) is 21.8 Å². The van der Waals surface area contributed by atoms with Crippen molar-refractivity contribution in [3.05, 3.63) is 192 Å². The topological polar surface area (TPSA) is 74.6 Å². The molecule has 0 saturated carbocycles. The average Bonchev–Trinajstić information content (AvgIpc) is 3.79. The zero-order valence-corrected chi connectivity index (χ0v) is 24.8. The van der Waals surface area contributed by atoms with Crippen LogP contribution in [-0.2, 0) is 26.2 Å². The molecule has 0 aliphatic heterocycles. The maximum Gasteiger partial charge on any atom is 2.00 e. The molecule has 0 bridgehead atoms. The second kappa shape index (κ2) is 18.6. The molecule has 6 aromatic carbocycles. The number of carbonyl (C=O) groups is 2. The van der Waals surface area contributed by atoms with Gasteiger partial charge in [0.2, 0.25) is 0 Å². The molecule has 0 saturated heterocycles. The van der Waals surface area contributed by atoms with Crippen LogP contribution in [0.3, 0.4) is 0 Å². The van der Waals surface area contributed by atoms with Crippen LogP contribution in [0.2, 0.25) is 0 Å². The molecule has 0 heterocycles. The second-order valence-electron chi connectivity index (χ2n) is 8.35. The van der Waals surface area contributed by atoms with Crippen LogP contribution in [0.4, 0.5) is 0 Å². The largest absolute Gasteiger partial charge is 2.00 e. The summed E-state index contributed by atoms with van der Waals surface area (Å²) in [5.41, 5.74) is 1.84. The summed E-state index contributed by atoms with van der Waals surface area (Å²) in [6.45, 7) is 0. The molecule has 0 unspecified atom stereocenters. The number of carbonyl (C=O) groups excluding carboxylic acids is 2. The van der Waals surface area contributed by atoms with Crippen molar-refractivity contribution >= 4 is 11.6 Å². The molecular formula is C36H30O4Zr. The Kier molecular flexibility index (Phi) is 14.8. The van der Waals surface area contributed by atoms with Crippen LogP contribution in [0.15, 0.2) is 170 Å². The van der Waals surface area contributed by atoms with Gasteiger partial charge in [-0.15, -0.1) is 0 Å². The van der Waals surface area contributed by atoms with Crippen LogP contribution >= 0.6 is 0 Å². The number of hydrogen-bond donors (Lipinski definition) is 2. The van der Waals surface area contributed by atoms with Gasteiger partial charge in [-0.25, -0.2) is 24.3 Å². The summed E-state index contributed by atoms with van der Waals surface area (Å²) in [7, 11) is 0. The van der Waals surface area contributed by atoms with E-state index in [9.17, 15) is 19.8 Å². The van der Waals surface area contributed by atoms with E-state index in [0.29, 0.717) is 22.3 Å². The van der Waals surface area contributed by atoms with Crippen LogP contribution in [0.25, 0.3) is 0 Å². The molecule has 0 amide bonds. The first-order chi connectivity index (χ1) is 19.6. The van der Waals surface area contributed by atoms with Crippen molar-refractivity contribution in [2.24, 2.45) is 0 Å². The van der Waals surface area contributed by atoms with Gasteiger partial charge in [0.25, 0.3) is 0 Å². The van der Waals surface area contributed by atoms with E-state index in [-0.39, 0.29) is 49.3 Å². The zero-order valence-electron chi connectivity index (χ0n) is 22.4. The zero-order chi connectivity index (χ0) is 28.4. The van der Waals surface area contributed by atoms with Crippen molar-refractivity contribution in [2.45, 2.75) is 0 Å². The van der Waals surface area contributed by atoms with Gasteiger partial charge in [-0.1, -0.05) is 84.9 Å². The molecule has 6 rings (SSSR count). The predicted molar refractivity (Wildman–Crippen MR) is 160 cm³/mol. The fourth-order valence-corrected chi connectivity index (χ4v) is 3.46. The van der Waals surface area contributed by atoms with Gasteiger partial charge in [0, 0.05) is 11.1 Å². The fourth-order valence-electron chi connectivity index (χ4n) is 3.46. The summed E-state index contributed by atoms with van der Waals surface area (Å²) in [6, 6.07) is 50.9. The summed E-state index contributed by atoms with van der Waals surface area (Å²) < 4.78 is 0. The number of benzene rings is 4. The molecule has 0 radical (unpaired) electrons. The molecule has 41 heavy (non-hydrogen) atoms. The molecule has 4 nitrogen and oxygen atoms in total. The van der Waals surface area contributed by atoms with Gasteiger partial charge in [0.1, 0.15) is 11.5 Å². The van der Waals surface area contributed by atoms with Crippen LogP contribution in [0.1, 0.15) is 31.8 Å². The van der Waals surface area contributed by atoms with Crippen LogP contribution in [0, 0.1) is 0 Å². The minimum Gasteiger partial charge on any atom is -0.507 e. The van der Waals surface area contributed by atoms with Crippen molar-refractivity contribution in [3.8, 4) is 11.5 Å². The van der Waals surface area contributed by atoms with Gasteiger partial charge < -0.3 is 10.2 Å². The Balaban J connectivity index is 0.000000211. The third-order valence-electron chi connectivity index (χ3n) is 5.48. The number of rotatable bonds is 4. The Morgan fingerprint density at radius 3 is 0.976 bits per heavy atom. The molecule has 5 heteroatoms. The Morgan fingerprint density at radius 1 is 0.415 bits per heavy atom. The number of phenols is 2. The minimum absolute atomic E-state index is 0. The van der Waals surface area contributed by atoms with Crippen molar-refractivity contribution in [1.29, 1.82) is 0 Å². The van der Waals surface area contributed by atoms with Gasteiger partial charge in [0.05, 0.1) is 11.1 Å². The predicted octanol–water partition coefficient (Wildman–Crippen LogP) is 8.05. The third kappa shape index (κ3) is 11.2. The summed E-state index contributed by atoms with van der Waals surface area (Å²) in [6.07, 6.45) is 0. The third-order valence-corrected chi connectivity index (χ3v) is 5.48. The number of ketones is 2. The van der Waals surface area contributed by atoms with Crippen LogP contribution < -0.4 is 0 Å². The molecule has 0 atom stereocenters. The van der Waals surface area contributed by atoms with E-state index in [0.717, 1.165) is 0 Å². The van der Waals surface area contributed by atoms with Crippen molar-refractivity contribution in [2.75, 3.05) is 0 Å². The Hall–Kier alpha value is -4.60. The summed E-state index contributed by atoms with van der Waals surface area (Å²) in [5, 5.41) is 19.0. The smallest absolute Gasteiger partial charge is 0.507 e. The minimum atomic E-state index is -0.159. The molecule has 0 fully saturated rings. The summed E-state index contributed by atoms with van der Waals surface area (Å²) >= 11 is 0. The standard InChI is InChI=1S/2C13H10O2.2C5H5.Zr/c2*14-12-9-5-4-8-11(12)13(15)10-6-2-1-3-7-10;2*1-2-4-5-3-1;/h2*1-9,14H;2*1-5H;/q;;2*-1;+2. The Bertz CT molecular complexity index is 1370. The number of hydrogen-bond acceptors (Lipinski definition) is 4. The van der Waals surface area contributed by atoms with Gasteiger partial charge in [0.15, 0.2) is 11.6 Å². The first kappa shape index (κ1) is 32.6. The molecule has 0 aliphatic rings. The van der Waals surface area contributed by atoms with Gasteiger partial charge in [-0.2, -0.15) is 36.4 Å². The second-order valence-corrected chi connectivity index (χ2v) is 8.35. The molecule has 0 aliphatic carbocycles. The van der Waals surface area contributed by atoms with E-state index in [1.54, 1.807) is 84.9 Å². The van der Waals surface area contributed by atoms with E-state index in [2.05, 4.69) is 0 Å².